The van der Waals surface area contributed by atoms with Crippen molar-refractivity contribution in [2.75, 3.05) is 19.0 Å². The van der Waals surface area contributed by atoms with Crippen LogP contribution < -0.4 is 5.32 Å². The highest BCUT2D eigenvalue weighted by atomic mass is 16.5. The molecule has 1 aliphatic rings. The van der Waals surface area contributed by atoms with Gasteiger partial charge in [0, 0.05) is 18.4 Å². The van der Waals surface area contributed by atoms with E-state index in [2.05, 4.69) is 15.0 Å². The van der Waals surface area contributed by atoms with Gasteiger partial charge in [-0.2, -0.15) is 0 Å². The highest BCUT2D eigenvalue weighted by Gasteiger charge is 2.16. The van der Waals surface area contributed by atoms with E-state index in [9.17, 15) is 4.79 Å². The smallest absolute Gasteiger partial charge is 0.356 e. The van der Waals surface area contributed by atoms with Gasteiger partial charge in [-0.1, -0.05) is 19.3 Å². The number of pyridine rings is 1. The maximum atomic E-state index is 11.3. The first-order valence-electron chi connectivity index (χ1n) is 6.08. The van der Waals surface area contributed by atoms with Crippen LogP contribution in [0.15, 0.2) is 18.3 Å². The Kier molecular flexibility index (Phi) is 3.96. The molecular formula is C13H18N2O2. The first kappa shape index (κ1) is 11.9. The SMILES string of the molecule is COC(=O)c1cc(NCCC2CCC2)ccn1. The lowest BCUT2D eigenvalue weighted by atomic mass is 9.83. The van der Waals surface area contributed by atoms with Crippen LogP contribution in [0.3, 0.4) is 0 Å². The van der Waals surface area contributed by atoms with Crippen LogP contribution in [0.25, 0.3) is 0 Å². The molecule has 0 radical (unpaired) electrons. The van der Waals surface area contributed by atoms with Gasteiger partial charge in [0.05, 0.1) is 7.11 Å². The molecule has 4 heteroatoms. The van der Waals surface area contributed by atoms with Crippen molar-refractivity contribution in [3.8, 4) is 0 Å². The average molecular weight is 234 g/mol. The van der Waals surface area contributed by atoms with Crippen LogP contribution in [0, 0.1) is 5.92 Å². The van der Waals surface area contributed by atoms with Gasteiger partial charge < -0.3 is 10.1 Å². The normalized spacial score (nSPS) is 15.1. The summed E-state index contributed by atoms with van der Waals surface area (Å²) in [7, 11) is 1.36. The zero-order chi connectivity index (χ0) is 12.1. The molecule has 2 rings (SSSR count). The number of anilines is 1. The number of ether oxygens (including phenoxy) is 1. The summed E-state index contributed by atoms with van der Waals surface area (Å²) in [5.41, 5.74) is 1.28. The Morgan fingerprint density at radius 2 is 2.41 bits per heavy atom. The Balaban J connectivity index is 1.84. The number of esters is 1. The summed E-state index contributed by atoms with van der Waals surface area (Å²) in [6, 6.07) is 3.60. The van der Waals surface area contributed by atoms with Gasteiger partial charge in [0.1, 0.15) is 5.69 Å². The fourth-order valence-electron chi connectivity index (χ4n) is 1.96. The molecule has 17 heavy (non-hydrogen) atoms. The Morgan fingerprint density at radius 1 is 1.59 bits per heavy atom. The molecule has 1 saturated carbocycles. The van der Waals surface area contributed by atoms with Crippen LogP contribution in [0.4, 0.5) is 5.69 Å². The Bertz CT molecular complexity index is 389. The third kappa shape index (κ3) is 3.19. The summed E-state index contributed by atoms with van der Waals surface area (Å²) in [6.07, 6.45) is 6.94. The highest BCUT2D eigenvalue weighted by molar-refractivity contribution is 5.88. The summed E-state index contributed by atoms with van der Waals surface area (Å²) in [4.78, 5) is 15.3. The maximum absolute atomic E-state index is 11.3. The molecule has 0 aromatic carbocycles. The van der Waals surface area contributed by atoms with Gasteiger partial charge in [-0.25, -0.2) is 9.78 Å². The van der Waals surface area contributed by atoms with E-state index >= 15 is 0 Å². The van der Waals surface area contributed by atoms with Crippen LogP contribution in [-0.4, -0.2) is 24.6 Å². The minimum Gasteiger partial charge on any atom is -0.464 e. The second kappa shape index (κ2) is 5.66. The molecule has 0 saturated heterocycles. The van der Waals surface area contributed by atoms with Crippen LogP contribution >= 0.6 is 0 Å². The van der Waals surface area contributed by atoms with E-state index in [0.717, 1.165) is 18.2 Å². The molecule has 0 spiro atoms. The second-order valence-electron chi connectivity index (χ2n) is 4.43. The summed E-state index contributed by atoms with van der Waals surface area (Å²) in [5.74, 6) is 0.497. The lowest BCUT2D eigenvalue weighted by Crippen LogP contribution is -2.15. The van der Waals surface area contributed by atoms with E-state index in [1.54, 1.807) is 12.3 Å². The number of carbonyl (C=O) groups is 1. The predicted octanol–water partition coefficient (Wildman–Crippen LogP) is 2.47. The monoisotopic (exact) mass is 234 g/mol. The van der Waals surface area contributed by atoms with Gasteiger partial charge in [-0.3, -0.25) is 0 Å². The molecule has 4 nitrogen and oxygen atoms in total. The van der Waals surface area contributed by atoms with E-state index < -0.39 is 5.97 Å². The van der Waals surface area contributed by atoms with Crippen LogP contribution in [0.5, 0.6) is 0 Å². The zero-order valence-electron chi connectivity index (χ0n) is 10.1. The fraction of sp³-hybridized carbons (Fsp3) is 0.538. The number of hydrogen-bond acceptors (Lipinski definition) is 4. The maximum Gasteiger partial charge on any atom is 0.356 e. The van der Waals surface area contributed by atoms with Gasteiger partial charge in [-0.05, 0) is 24.5 Å². The summed E-state index contributed by atoms with van der Waals surface area (Å²) < 4.78 is 4.63. The first-order chi connectivity index (χ1) is 8.29. The molecule has 1 fully saturated rings. The van der Waals surface area contributed by atoms with Crippen molar-refractivity contribution in [2.24, 2.45) is 5.92 Å². The van der Waals surface area contributed by atoms with Gasteiger partial charge in [-0.15, -0.1) is 0 Å². The van der Waals surface area contributed by atoms with Crippen molar-refractivity contribution in [1.29, 1.82) is 0 Å². The largest absolute Gasteiger partial charge is 0.464 e. The standard InChI is InChI=1S/C13H18N2O2/c1-17-13(16)12-9-11(6-8-15-12)14-7-5-10-3-2-4-10/h6,8-10H,2-5,7H2,1H3,(H,14,15). The summed E-state index contributed by atoms with van der Waals surface area (Å²) in [5, 5.41) is 3.32. The highest BCUT2D eigenvalue weighted by Crippen LogP contribution is 2.29. The average Bonchev–Trinajstić information content (AvgIpc) is 2.32. The number of aromatic nitrogens is 1. The van der Waals surface area contributed by atoms with Crippen molar-refractivity contribution in [3.05, 3.63) is 24.0 Å². The molecule has 0 unspecified atom stereocenters. The van der Waals surface area contributed by atoms with Gasteiger partial charge in [0.2, 0.25) is 0 Å². The van der Waals surface area contributed by atoms with Crippen LogP contribution in [0.1, 0.15) is 36.2 Å². The van der Waals surface area contributed by atoms with Crippen LogP contribution in [-0.2, 0) is 4.74 Å². The second-order valence-corrected chi connectivity index (χ2v) is 4.43. The number of hydrogen-bond donors (Lipinski definition) is 1. The molecule has 0 atom stereocenters. The van der Waals surface area contributed by atoms with Gasteiger partial charge in [0.25, 0.3) is 0 Å². The Morgan fingerprint density at radius 3 is 3.06 bits per heavy atom. The van der Waals surface area contributed by atoms with E-state index in [1.165, 1.54) is 32.8 Å². The molecule has 92 valence electrons. The number of rotatable bonds is 5. The number of nitrogens with zero attached hydrogens (tertiary/aromatic N) is 1. The number of nitrogens with one attached hydrogen (secondary N) is 1. The van der Waals surface area contributed by atoms with Crippen LogP contribution in [0.2, 0.25) is 0 Å². The van der Waals surface area contributed by atoms with Crippen molar-refractivity contribution in [2.45, 2.75) is 25.7 Å². The van der Waals surface area contributed by atoms with Crippen molar-refractivity contribution >= 4 is 11.7 Å². The molecular weight excluding hydrogens is 216 g/mol. The third-order valence-electron chi connectivity index (χ3n) is 3.26. The van der Waals surface area contributed by atoms with E-state index in [0.29, 0.717) is 5.69 Å². The summed E-state index contributed by atoms with van der Waals surface area (Å²) >= 11 is 0. The first-order valence-corrected chi connectivity index (χ1v) is 6.08. The number of methoxy groups -OCH3 is 1. The molecule has 1 aliphatic carbocycles. The van der Waals surface area contributed by atoms with Crippen molar-refractivity contribution in [3.63, 3.8) is 0 Å². The van der Waals surface area contributed by atoms with E-state index in [-0.39, 0.29) is 0 Å². The quantitative estimate of drug-likeness (QED) is 0.795. The molecule has 0 bridgehead atoms. The lowest BCUT2D eigenvalue weighted by molar-refractivity contribution is 0.0594. The van der Waals surface area contributed by atoms with Gasteiger partial charge >= 0.3 is 5.97 Å². The number of carbonyl (C=O) groups excluding carboxylic acids is 1. The molecule has 1 heterocycles. The summed E-state index contributed by atoms with van der Waals surface area (Å²) in [6.45, 7) is 0.954. The Labute approximate surface area is 101 Å². The zero-order valence-corrected chi connectivity index (χ0v) is 10.1. The van der Waals surface area contributed by atoms with Crippen molar-refractivity contribution < 1.29 is 9.53 Å². The van der Waals surface area contributed by atoms with Crippen molar-refractivity contribution in [1.82, 2.24) is 4.98 Å². The van der Waals surface area contributed by atoms with E-state index in [1.807, 2.05) is 6.07 Å². The van der Waals surface area contributed by atoms with E-state index in [4.69, 9.17) is 0 Å². The molecule has 0 aliphatic heterocycles. The predicted molar refractivity (Wildman–Crippen MR) is 66.0 cm³/mol. The molecule has 0 amide bonds. The molecule has 1 aromatic heterocycles. The molecule has 1 aromatic rings. The topological polar surface area (TPSA) is 51.2 Å². The Hall–Kier alpha value is -1.58. The molecule has 1 N–H and O–H groups in total. The lowest BCUT2D eigenvalue weighted by Gasteiger charge is -2.25. The fourth-order valence-corrected chi connectivity index (χ4v) is 1.96. The minimum absolute atomic E-state index is 0.348. The minimum atomic E-state index is -0.396. The third-order valence-corrected chi connectivity index (χ3v) is 3.26. The van der Waals surface area contributed by atoms with Gasteiger partial charge in [0.15, 0.2) is 0 Å².